The van der Waals surface area contributed by atoms with Crippen molar-refractivity contribution in [3.05, 3.63) is 64.2 Å². The molecule has 0 aromatic heterocycles. The lowest BCUT2D eigenvalue weighted by Gasteiger charge is -2.51. The van der Waals surface area contributed by atoms with Crippen LogP contribution in [0.5, 0.6) is 5.75 Å². The fraction of sp³-hybridized carbons (Fsp3) is 0.500. The highest BCUT2D eigenvalue weighted by Gasteiger charge is 2.53. The molecule has 0 bridgehead atoms. The Balaban J connectivity index is 1.71. The quantitative estimate of drug-likeness (QED) is 0.591. The normalized spacial score (nSPS) is 24.6. The topological polar surface area (TPSA) is 72.8 Å². The Bertz CT molecular complexity index is 1090. The lowest BCUT2D eigenvalue weighted by molar-refractivity contribution is -0.0963. The number of hydrogen-bond acceptors (Lipinski definition) is 5. The predicted octanol–water partition coefficient (Wildman–Crippen LogP) is 4.08. The zero-order valence-electron chi connectivity index (χ0n) is 18.1. The lowest BCUT2D eigenvalue weighted by atomic mass is 9.60. The molecule has 1 N–H and O–H groups in total. The molecule has 4 rings (SSSR count). The van der Waals surface area contributed by atoms with Crippen LogP contribution >= 0.6 is 11.6 Å². The summed E-state index contributed by atoms with van der Waals surface area (Å²) in [6, 6.07) is 9.43. The molecular formula is C24H27ClF2O5S. The Morgan fingerprint density at radius 2 is 1.82 bits per heavy atom. The maximum atomic E-state index is 15.2. The molecule has 0 saturated carbocycles. The summed E-state index contributed by atoms with van der Waals surface area (Å²) in [5.74, 6) is -1.80. The third kappa shape index (κ3) is 5.04. The Morgan fingerprint density at radius 3 is 2.55 bits per heavy atom. The van der Waals surface area contributed by atoms with Crippen molar-refractivity contribution in [3.63, 3.8) is 0 Å². The van der Waals surface area contributed by atoms with Crippen molar-refractivity contribution >= 4 is 21.4 Å². The number of halogens is 3. The fourth-order valence-corrected chi connectivity index (χ4v) is 6.67. The van der Waals surface area contributed by atoms with Crippen LogP contribution in [0.4, 0.5) is 8.78 Å². The van der Waals surface area contributed by atoms with E-state index in [9.17, 15) is 12.8 Å². The molecule has 0 aliphatic carbocycles. The second kappa shape index (κ2) is 9.86. The largest absolute Gasteiger partial charge is 0.490 e. The minimum absolute atomic E-state index is 0.0727. The van der Waals surface area contributed by atoms with E-state index in [1.165, 1.54) is 0 Å². The first-order valence-electron chi connectivity index (χ1n) is 11.0. The first kappa shape index (κ1) is 24.4. The number of aliphatic hydroxyl groups is 1. The molecule has 9 heteroatoms. The molecule has 0 unspecified atom stereocenters. The van der Waals surface area contributed by atoms with E-state index < -0.39 is 33.0 Å². The summed E-state index contributed by atoms with van der Waals surface area (Å²) in [6.07, 6.45) is 0.772. The second-order valence-electron chi connectivity index (χ2n) is 8.79. The Labute approximate surface area is 197 Å². The van der Waals surface area contributed by atoms with Crippen LogP contribution in [0.1, 0.15) is 30.4 Å². The van der Waals surface area contributed by atoms with E-state index in [4.69, 9.17) is 26.2 Å². The number of hydrogen-bond donors (Lipinski definition) is 1. The zero-order valence-corrected chi connectivity index (χ0v) is 19.7. The fourth-order valence-electron chi connectivity index (χ4n) is 5.18. The number of sulfone groups is 1. The first-order chi connectivity index (χ1) is 15.8. The van der Waals surface area contributed by atoms with Crippen molar-refractivity contribution in [2.45, 2.75) is 37.2 Å². The van der Waals surface area contributed by atoms with Crippen LogP contribution in [0.2, 0.25) is 5.02 Å². The van der Waals surface area contributed by atoms with Crippen LogP contribution in [0, 0.1) is 17.6 Å². The van der Waals surface area contributed by atoms with Gasteiger partial charge in [-0.2, -0.15) is 0 Å². The molecular weight excluding hydrogens is 474 g/mol. The summed E-state index contributed by atoms with van der Waals surface area (Å²) in [4.78, 5) is 0. The summed E-state index contributed by atoms with van der Waals surface area (Å²) in [5.41, 5.74) is 0.299. The minimum Gasteiger partial charge on any atom is -0.490 e. The maximum Gasteiger partial charge on any atom is 0.165 e. The predicted molar refractivity (Wildman–Crippen MR) is 122 cm³/mol. The Morgan fingerprint density at radius 1 is 1.09 bits per heavy atom. The van der Waals surface area contributed by atoms with Crippen LogP contribution in [-0.2, 0) is 26.4 Å². The molecule has 2 aliphatic rings. The lowest BCUT2D eigenvalue weighted by Crippen LogP contribution is -2.55. The molecule has 33 heavy (non-hydrogen) atoms. The third-order valence-electron chi connectivity index (χ3n) is 6.76. The SMILES string of the molecule is O=S(=O)(CCCO)CC[C@@H]1OCC[C@@]2(Cc3ccc(Cl)cc3)c3c(F)ccc(F)c3OC[C@@H]12. The van der Waals surface area contributed by atoms with Gasteiger partial charge in [-0.1, -0.05) is 23.7 Å². The molecule has 3 atom stereocenters. The van der Waals surface area contributed by atoms with Gasteiger partial charge in [-0.15, -0.1) is 0 Å². The van der Waals surface area contributed by atoms with Gasteiger partial charge in [-0.05, 0) is 55.5 Å². The van der Waals surface area contributed by atoms with Crippen molar-refractivity contribution in [2.24, 2.45) is 5.92 Å². The van der Waals surface area contributed by atoms with E-state index in [-0.39, 0.29) is 54.8 Å². The number of rotatable bonds is 8. The second-order valence-corrected chi connectivity index (χ2v) is 11.5. The van der Waals surface area contributed by atoms with E-state index in [1.54, 1.807) is 12.1 Å². The van der Waals surface area contributed by atoms with Gasteiger partial charge >= 0.3 is 0 Å². The summed E-state index contributed by atoms with van der Waals surface area (Å²) in [7, 11) is -3.37. The molecule has 2 aromatic rings. The van der Waals surface area contributed by atoms with Gasteiger partial charge < -0.3 is 14.6 Å². The van der Waals surface area contributed by atoms with Gasteiger partial charge in [-0.25, -0.2) is 17.2 Å². The monoisotopic (exact) mass is 500 g/mol. The van der Waals surface area contributed by atoms with E-state index in [1.807, 2.05) is 12.1 Å². The average Bonchev–Trinajstić information content (AvgIpc) is 2.79. The van der Waals surface area contributed by atoms with Crippen LogP contribution in [0.15, 0.2) is 36.4 Å². The number of fused-ring (bicyclic) bond motifs is 3. The summed E-state index contributed by atoms with van der Waals surface area (Å²) in [6.45, 7) is 0.199. The van der Waals surface area contributed by atoms with Crippen molar-refractivity contribution in [3.8, 4) is 5.75 Å². The number of benzene rings is 2. The van der Waals surface area contributed by atoms with E-state index in [0.717, 1.165) is 17.7 Å². The van der Waals surface area contributed by atoms with Crippen molar-refractivity contribution in [1.82, 2.24) is 0 Å². The van der Waals surface area contributed by atoms with Gasteiger partial charge in [0, 0.05) is 35.1 Å². The van der Waals surface area contributed by atoms with Gasteiger partial charge in [0.25, 0.3) is 0 Å². The molecule has 2 heterocycles. The van der Waals surface area contributed by atoms with Crippen LogP contribution < -0.4 is 4.74 Å². The molecule has 0 amide bonds. The standard InChI is InChI=1S/C24H27ClF2O5S/c25-17-4-2-16(3-5-17)14-24-9-11-31-21(8-13-33(29,30)12-1-10-28)18(24)15-32-23-20(27)7-6-19(26)22(23)24/h2-7,18,21,28H,1,8-15H2/t18-,21-,24-/m0/s1. The molecule has 0 radical (unpaired) electrons. The molecule has 180 valence electrons. The van der Waals surface area contributed by atoms with Crippen LogP contribution in [0.3, 0.4) is 0 Å². The summed E-state index contributed by atoms with van der Waals surface area (Å²) < 4.78 is 66.3. The Kier molecular flexibility index (Phi) is 7.29. The third-order valence-corrected chi connectivity index (χ3v) is 8.78. The van der Waals surface area contributed by atoms with Crippen LogP contribution in [-0.4, -0.2) is 51.0 Å². The van der Waals surface area contributed by atoms with Gasteiger partial charge in [0.1, 0.15) is 5.82 Å². The smallest absolute Gasteiger partial charge is 0.165 e. The van der Waals surface area contributed by atoms with Gasteiger partial charge in [0.15, 0.2) is 21.4 Å². The van der Waals surface area contributed by atoms with Crippen molar-refractivity contribution < 1.29 is 31.8 Å². The van der Waals surface area contributed by atoms with Crippen molar-refractivity contribution in [1.29, 1.82) is 0 Å². The molecule has 5 nitrogen and oxygen atoms in total. The molecule has 1 fully saturated rings. The highest BCUT2D eigenvalue weighted by atomic mass is 35.5. The van der Waals surface area contributed by atoms with E-state index >= 15 is 4.39 Å². The van der Waals surface area contributed by atoms with Gasteiger partial charge in [0.2, 0.25) is 0 Å². The molecule has 0 spiro atoms. The summed E-state index contributed by atoms with van der Waals surface area (Å²) >= 11 is 6.04. The first-order valence-corrected chi connectivity index (χ1v) is 13.2. The number of aliphatic hydroxyl groups excluding tert-OH is 1. The van der Waals surface area contributed by atoms with Crippen molar-refractivity contribution in [2.75, 3.05) is 31.3 Å². The molecule has 1 saturated heterocycles. The van der Waals surface area contributed by atoms with Gasteiger partial charge in [0.05, 0.1) is 24.2 Å². The Hall–Kier alpha value is -1.74. The van der Waals surface area contributed by atoms with E-state index in [2.05, 4.69) is 0 Å². The number of ether oxygens (including phenoxy) is 2. The molecule has 2 aliphatic heterocycles. The molecule has 2 aromatic carbocycles. The van der Waals surface area contributed by atoms with E-state index in [0.29, 0.717) is 24.5 Å². The zero-order chi connectivity index (χ0) is 23.6. The average molecular weight is 501 g/mol. The van der Waals surface area contributed by atoms with Crippen LogP contribution in [0.25, 0.3) is 0 Å². The highest BCUT2D eigenvalue weighted by Crippen LogP contribution is 2.52. The summed E-state index contributed by atoms with van der Waals surface area (Å²) in [5, 5.41) is 9.53. The maximum absolute atomic E-state index is 15.2. The van der Waals surface area contributed by atoms with Gasteiger partial charge in [-0.3, -0.25) is 0 Å². The minimum atomic E-state index is -3.37. The highest BCUT2D eigenvalue weighted by molar-refractivity contribution is 7.91.